The highest BCUT2D eigenvalue weighted by atomic mass is 79.9. The quantitative estimate of drug-likeness (QED) is 0.401. The number of imidazole rings is 1. The summed E-state index contributed by atoms with van der Waals surface area (Å²) in [7, 11) is 0. The van der Waals surface area contributed by atoms with Gasteiger partial charge in [0.15, 0.2) is 11.5 Å². The van der Waals surface area contributed by atoms with Gasteiger partial charge in [-0.15, -0.1) is 0 Å². The molecule has 0 saturated carbocycles. The molecule has 0 fully saturated rings. The van der Waals surface area contributed by atoms with Crippen LogP contribution >= 0.6 is 15.9 Å². The van der Waals surface area contributed by atoms with E-state index in [1.54, 1.807) is 29.4 Å². The van der Waals surface area contributed by atoms with Crippen LogP contribution in [0.4, 0.5) is 0 Å². The lowest BCUT2D eigenvalue weighted by atomic mass is 9.92. The molecule has 0 bridgehead atoms. The lowest BCUT2D eigenvalue weighted by Gasteiger charge is -2.27. The number of carbonyl (C=O) groups is 2. The Kier molecular flexibility index (Phi) is 7.08. The minimum Gasteiger partial charge on any atom is -0.485 e. The van der Waals surface area contributed by atoms with Crippen molar-refractivity contribution < 1.29 is 14.3 Å². The van der Waals surface area contributed by atoms with Gasteiger partial charge in [-0.2, -0.15) is 0 Å². The van der Waals surface area contributed by atoms with Crippen LogP contribution in [0.1, 0.15) is 48.1 Å². The molecule has 2 heterocycles. The number of hydrogen-bond donors (Lipinski definition) is 1. The standard InChI is InChI=1S/C26H26BrN3O3/c1-17(2)33-25-22(24(31)19-7-4-3-5-8-19)23(18-10-12-20(27)13-11-18)30(26(25)32)16-6-9-21-28-14-15-29-21/h3-5,7-8,10-15,17,23H,6,9,16H2,1-2H3,(H,28,29). The Morgan fingerprint density at radius 1 is 1.15 bits per heavy atom. The maximum atomic E-state index is 13.7. The maximum Gasteiger partial charge on any atom is 0.290 e. The van der Waals surface area contributed by atoms with Crippen molar-refractivity contribution in [1.29, 1.82) is 0 Å². The van der Waals surface area contributed by atoms with Crippen molar-refractivity contribution in [2.45, 2.75) is 38.8 Å². The van der Waals surface area contributed by atoms with Crippen molar-refractivity contribution in [3.05, 3.63) is 99.7 Å². The van der Waals surface area contributed by atoms with Crippen LogP contribution in [0.2, 0.25) is 0 Å². The summed E-state index contributed by atoms with van der Waals surface area (Å²) in [6.45, 7) is 4.19. The fourth-order valence-electron chi connectivity index (χ4n) is 4.04. The molecule has 170 valence electrons. The number of Topliss-reactive ketones (excluding diaryl/α,β-unsaturated/α-hetero) is 1. The normalized spacial score (nSPS) is 16.1. The van der Waals surface area contributed by atoms with Crippen LogP contribution in [-0.4, -0.2) is 39.2 Å². The van der Waals surface area contributed by atoms with Gasteiger partial charge >= 0.3 is 0 Å². The third kappa shape index (κ3) is 5.09. The van der Waals surface area contributed by atoms with Gasteiger partial charge in [0, 0.05) is 35.4 Å². The summed E-state index contributed by atoms with van der Waals surface area (Å²) in [5.41, 5.74) is 1.79. The molecule has 3 aromatic rings. The van der Waals surface area contributed by atoms with Crippen LogP contribution in [0.5, 0.6) is 0 Å². The van der Waals surface area contributed by atoms with E-state index in [1.165, 1.54) is 0 Å². The van der Waals surface area contributed by atoms with Gasteiger partial charge in [-0.25, -0.2) is 4.98 Å². The Morgan fingerprint density at radius 3 is 2.52 bits per heavy atom. The fourth-order valence-corrected chi connectivity index (χ4v) is 4.30. The maximum absolute atomic E-state index is 13.7. The number of aromatic amines is 1. The summed E-state index contributed by atoms with van der Waals surface area (Å²) in [6, 6.07) is 16.3. The average molecular weight is 508 g/mol. The van der Waals surface area contributed by atoms with Gasteiger partial charge in [0.05, 0.1) is 17.7 Å². The first-order valence-electron chi connectivity index (χ1n) is 11.0. The fraction of sp³-hybridized carbons (Fsp3) is 0.269. The monoisotopic (exact) mass is 507 g/mol. The molecule has 7 heteroatoms. The molecule has 33 heavy (non-hydrogen) atoms. The van der Waals surface area contributed by atoms with E-state index < -0.39 is 6.04 Å². The second-order valence-electron chi connectivity index (χ2n) is 8.20. The molecule has 1 aliphatic rings. The number of nitrogens with zero attached hydrogens (tertiary/aromatic N) is 2. The number of ether oxygens (including phenoxy) is 1. The highest BCUT2D eigenvalue weighted by Crippen LogP contribution is 2.41. The minimum absolute atomic E-state index is 0.143. The molecule has 2 aromatic carbocycles. The Balaban J connectivity index is 1.74. The van der Waals surface area contributed by atoms with Crippen LogP contribution in [0.15, 0.2) is 82.8 Å². The predicted molar refractivity (Wildman–Crippen MR) is 130 cm³/mol. The summed E-state index contributed by atoms with van der Waals surface area (Å²) in [4.78, 5) is 36.4. The minimum atomic E-state index is -0.524. The van der Waals surface area contributed by atoms with Crippen LogP contribution < -0.4 is 0 Å². The molecule has 1 atom stereocenters. The molecule has 0 spiro atoms. The number of hydrogen-bond acceptors (Lipinski definition) is 4. The SMILES string of the molecule is CC(C)OC1=C(C(=O)c2ccccc2)C(c2ccc(Br)cc2)N(CCCc2ncc[nH]2)C1=O. The molecule has 1 N–H and O–H groups in total. The van der Waals surface area contributed by atoms with E-state index in [4.69, 9.17) is 4.74 Å². The lowest BCUT2D eigenvalue weighted by molar-refractivity contribution is -0.131. The van der Waals surface area contributed by atoms with E-state index in [1.807, 2.05) is 56.3 Å². The summed E-state index contributed by atoms with van der Waals surface area (Å²) in [5, 5.41) is 0. The third-order valence-corrected chi connectivity index (χ3v) is 6.00. The molecule has 1 aromatic heterocycles. The van der Waals surface area contributed by atoms with E-state index in [-0.39, 0.29) is 23.6 Å². The third-order valence-electron chi connectivity index (χ3n) is 5.47. The van der Waals surface area contributed by atoms with Crippen molar-refractivity contribution in [3.8, 4) is 0 Å². The van der Waals surface area contributed by atoms with Gasteiger partial charge in [0.1, 0.15) is 5.82 Å². The Bertz CT molecular complexity index is 1140. The summed E-state index contributed by atoms with van der Waals surface area (Å²) < 4.78 is 6.91. The zero-order chi connectivity index (χ0) is 23.4. The molecule has 4 rings (SSSR count). The summed E-state index contributed by atoms with van der Waals surface area (Å²) >= 11 is 3.48. The first-order chi connectivity index (χ1) is 16.0. The van der Waals surface area contributed by atoms with Gasteiger partial charge in [0.25, 0.3) is 5.91 Å². The van der Waals surface area contributed by atoms with Gasteiger partial charge in [0.2, 0.25) is 0 Å². The summed E-state index contributed by atoms with van der Waals surface area (Å²) in [6.07, 6.45) is 4.66. The average Bonchev–Trinajstić information content (AvgIpc) is 3.42. The van der Waals surface area contributed by atoms with Gasteiger partial charge in [-0.3, -0.25) is 9.59 Å². The van der Waals surface area contributed by atoms with Gasteiger partial charge in [-0.05, 0) is 38.0 Å². The molecule has 1 unspecified atom stereocenters. The molecule has 1 amide bonds. The van der Waals surface area contributed by atoms with Crippen LogP contribution in [0.25, 0.3) is 0 Å². The lowest BCUT2D eigenvalue weighted by Crippen LogP contribution is -2.32. The molecule has 0 radical (unpaired) electrons. The van der Waals surface area contributed by atoms with Crippen molar-refractivity contribution in [2.24, 2.45) is 0 Å². The van der Waals surface area contributed by atoms with E-state index in [0.717, 1.165) is 15.9 Å². The van der Waals surface area contributed by atoms with Crippen molar-refractivity contribution in [2.75, 3.05) is 6.54 Å². The number of carbonyl (C=O) groups excluding carboxylic acids is 2. The number of nitrogens with one attached hydrogen (secondary N) is 1. The van der Waals surface area contributed by atoms with Gasteiger partial charge < -0.3 is 14.6 Å². The number of benzene rings is 2. The largest absolute Gasteiger partial charge is 0.485 e. The topological polar surface area (TPSA) is 75.3 Å². The molecular weight excluding hydrogens is 482 g/mol. The van der Waals surface area contributed by atoms with Gasteiger partial charge in [-0.1, -0.05) is 58.4 Å². The Hall–Kier alpha value is -3.19. The van der Waals surface area contributed by atoms with Crippen molar-refractivity contribution in [3.63, 3.8) is 0 Å². The number of H-pyrrole nitrogens is 1. The zero-order valence-electron chi connectivity index (χ0n) is 18.6. The molecule has 0 aliphatic carbocycles. The molecule has 6 nitrogen and oxygen atoms in total. The highest BCUT2D eigenvalue weighted by molar-refractivity contribution is 9.10. The second-order valence-corrected chi connectivity index (χ2v) is 9.11. The smallest absolute Gasteiger partial charge is 0.290 e. The second kappa shape index (κ2) is 10.2. The van der Waals surface area contributed by atoms with E-state index in [9.17, 15) is 9.59 Å². The van der Waals surface area contributed by atoms with E-state index in [0.29, 0.717) is 30.5 Å². The first-order valence-corrected chi connectivity index (χ1v) is 11.8. The number of amides is 1. The molecular formula is C26H26BrN3O3. The Morgan fingerprint density at radius 2 is 1.88 bits per heavy atom. The zero-order valence-corrected chi connectivity index (χ0v) is 20.2. The van der Waals surface area contributed by atoms with Crippen LogP contribution in [0.3, 0.4) is 0 Å². The number of halogens is 1. The highest BCUT2D eigenvalue weighted by Gasteiger charge is 2.44. The number of aromatic nitrogens is 2. The van der Waals surface area contributed by atoms with Crippen molar-refractivity contribution >= 4 is 27.6 Å². The van der Waals surface area contributed by atoms with Crippen LogP contribution in [0, 0.1) is 0 Å². The summed E-state index contributed by atoms with van der Waals surface area (Å²) in [5.74, 6) is 0.565. The molecule has 1 aliphatic heterocycles. The first kappa shape index (κ1) is 23.0. The van der Waals surface area contributed by atoms with E-state index >= 15 is 0 Å². The predicted octanol–water partition coefficient (Wildman–Crippen LogP) is 5.25. The number of rotatable bonds is 9. The van der Waals surface area contributed by atoms with Crippen molar-refractivity contribution in [1.82, 2.24) is 14.9 Å². The Labute approximate surface area is 201 Å². The van der Waals surface area contributed by atoms with E-state index in [2.05, 4.69) is 25.9 Å². The molecule has 0 saturated heterocycles. The number of aryl methyl sites for hydroxylation is 1. The number of ketones is 1. The van der Waals surface area contributed by atoms with Crippen LogP contribution in [-0.2, 0) is 16.0 Å².